The highest BCUT2D eigenvalue weighted by Gasteiger charge is 2.25. The summed E-state index contributed by atoms with van der Waals surface area (Å²) in [5.74, 6) is 2.40. The van der Waals surface area contributed by atoms with Crippen molar-refractivity contribution in [1.82, 2.24) is 25.1 Å². The van der Waals surface area contributed by atoms with Gasteiger partial charge in [-0.15, -0.1) is 10.2 Å². The predicted octanol–water partition coefficient (Wildman–Crippen LogP) is 5.53. The van der Waals surface area contributed by atoms with Gasteiger partial charge in [0, 0.05) is 46.8 Å². The van der Waals surface area contributed by atoms with Crippen molar-refractivity contribution in [1.29, 1.82) is 0 Å². The molecular formula is C23H25N5O. The average Bonchev–Trinajstić information content (AvgIpc) is 3.34. The maximum Gasteiger partial charge on any atom is 0.247 e. The van der Waals surface area contributed by atoms with Crippen molar-refractivity contribution in [3.8, 4) is 22.7 Å². The lowest BCUT2D eigenvalue weighted by molar-refractivity contribution is 0.432. The van der Waals surface area contributed by atoms with Crippen molar-refractivity contribution in [2.75, 3.05) is 0 Å². The normalized spacial score (nSPS) is 15.1. The van der Waals surface area contributed by atoms with E-state index in [0.29, 0.717) is 23.6 Å². The maximum absolute atomic E-state index is 5.96. The van der Waals surface area contributed by atoms with Crippen LogP contribution in [0.3, 0.4) is 0 Å². The first-order valence-electron chi connectivity index (χ1n) is 10.5. The second-order valence-electron chi connectivity index (χ2n) is 8.17. The van der Waals surface area contributed by atoms with Crippen molar-refractivity contribution < 1.29 is 4.42 Å². The minimum absolute atomic E-state index is 0.546. The summed E-state index contributed by atoms with van der Waals surface area (Å²) in [6.07, 6.45) is 11.3. The smallest absolute Gasteiger partial charge is 0.247 e. The molecule has 0 saturated heterocycles. The van der Waals surface area contributed by atoms with E-state index in [0.717, 1.165) is 46.3 Å². The summed E-state index contributed by atoms with van der Waals surface area (Å²) in [4.78, 5) is 12.6. The first-order valence-corrected chi connectivity index (χ1v) is 10.5. The van der Waals surface area contributed by atoms with Crippen LogP contribution in [0.2, 0.25) is 0 Å². The zero-order valence-corrected chi connectivity index (χ0v) is 16.9. The maximum atomic E-state index is 5.96. The molecule has 1 aliphatic rings. The van der Waals surface area contributed by atoms with Gasteiger partial charge in [-0.05, 0) is 37.0 Å². The van der Waals surface area contributed by atoms with E-state index >= 15 is 0 Å². The molecule has 0 amide bonds. The molecule has 148 valence electrons. The molecule has 6 nitrogen and oxygen atoms in total. The first kappa shape index (κ1) is 18.0. The average molecular weight is 387 g/mol. The van der Waals surface area contributed by atoms with E-state index in [9.17, 15) is 0 Å². The second kappa shape index (κ2) is 7.43. The largest absolute Gasteiger partial charge is 0.421 e. The van der Waals surface area contributed by atoms with Gasteiger partial charge in [0.25, 0.3) is 0 Å². The third-order valence-corrected chi connectivity index (χ3v) is 5.62. The number of fused-ring (bicyclic) bond motifs is 1. The summed E-state index contributed by atoms with van der Waals surface area (Å²) in [7, 11) is 0. The molecule has 0 spiro atoms. The molecule has 1 aliphatic carbocycles. The predicted molar refractivity (Wildman–Crippen MR) is 112 cm³/mol. The molecule has 5 rings (SSSR count). The third kappa shape index (κ3) is 3.67. The number of aromatic nitrogens is 5. The molecule has 1 unspecified atom stereocenters. The van der Waals surface area contributed by atoms with Crippen LogP contribution < -0.4 is 0 Å². The van der Waals surface area contributed by atoms with Gasteiger partial charge in [-0.25, -0.2) is 4.98 Å². The molecule has 1 aromatic carbocycles. The van der Waals surface area contributed by atoms with E-state index in [-0.39, 0.29) is 0 Å². The van der Waals surface area contributed by atoms with Gasteiger partial charge in [0.1, 0.15) is 0 Å². The van der Waals surface area contributed by atoms with Crippen molar-refractivity contribution in [3.05, 3.63) is 48.4 Å². The van der Waals surface area contributed by atoms with Gasteiger partial charge in [-0.1, -0.05) is 26.7 Å². The van der Waals surface area contributed by atoms with E-state index in [4.69, 9.17) is 9.40 Å². The first-order chi connectivity index (χ1) is 14.2. The van der Waals surface area contributed by atoms with Crippen molar-refractivity contribution in [3.63, 3.8) is 0 Å². The Morgan fingerprint density at radius 2 is 2.10 bits per heavy atom. The van der Waals surface area contributed by atoms with Crippen LogP contribution in [0.15, 0.2) is 41.2 Å². The van der Waals surface area contributed by atoms with Gasteiger partial charge in [0.15, 0.2) is 0 Å². The highest BCUT2D eigenvalue weighted by atomic mass is 16.4. The Balaban J connectivity index is 1.47. The molecule has 3 aromatic heterocycles. The Morgan fingerprint density at radius 1 is 1.21 bits per heavy atom. The Morgan fingerprint density at radius 3 is 2.93 bits per heavy atom. The molecule has 1 N–H and O–H groups in total. The lowest BCUT2D eigenvalue weighted by Crippen LogP contribution is -1.99. The molecule has 0 aliphatic heterocycles. The Bertz CT molecular complexity index is 1140. The van der Waals surface area contributed by atoms with Crippen LogP contribution in [0.1, 0.15) is 57.0 Å². The van der Waals surface area contributed by atoms with E-state index in [1.165, 1.54) is 19.3 Å². The number of benzene rings is 1. The Hall–Kier alpha value is -3.02. The van der Waals surface area contributed by atoms with Crippen LogP contribution >= 0.6 is 0 Å². The summed E-state index contributed by atoms with van der Waals surface area (Å²) in [6.45, 7) is 4.42. The highest BCUT2D eigenvalue weighted by Crippen LogP contribution is 2.39. The SMILES string of the molecule is CCCC(C)Cc1nnc(-c2ccc3[nH]cc(-c4cncc(C5CC5)n4)c3c2)o1. The van der Waals surface area contributed by atoms with Crippen LogP contribution in [0, 0.1) is 5.92 Å². The quantitative estimate of drug-likeness (QED) is 0.451. The van der Waals surface area contributed by atoms with Gasteiger partial charge in [-0.3, -0.25) is 4.98 Å². The summed E-state index contributed by atoms with van der Waals surface area (Å²) >= 11 is 0. The fourth-order valence-corrected chi connectivity index (χ4v) is 3.90. The molecule has 1 atom stereocenters. The number of aromatic amines is 1. The topological polar surface area (TPSA) is 80.5 Å². The van der Waals surface area contributed by atoms with Crippen molar-refractivity contribution in [2.24, 2.45) is 5.92 Å². The Kier molecular flexibility index (Phi) is 4.62. The molecule has 0 bridgehead atoms. The van der Waals surface area contributed by atoms with Crippen LogP contribution in [0.4, 0.5) is 0 Å². The molecule has 1 saturated carbocycles. The molecule has 1 fully saturated rings. The van der Waals surface area contributed by atoms with Crippen LogP contribution in [0.5, 0.6) is 0 Å². The van der Waals surface area contributed by atoms with Gasteiger partial charge >= 0.3 is 0 Å². The lowest BCUT2D eigenvalue weighted by Gasteiger charge is -2.05. The summed E-state index contributed by atoms with van der Waals surface area (Å²) in [6, 6.07) is 6.16. The zero-order valence-electron chi connectivity index (χ0n) is 16.9. The van der Waals surface area contributed by atoms with Crippen molar-refractivity contribution in [2.45, 2.75) is 51.9 Å². The van der Waals surface area contributed by atoms with E-state index in [1.54, 1.807) is 0 Å². The van der Waals surface area contributed by atoms with E-state index < -0.39 is 0 Å². The zero-order chi connectivity index (χ0) is 19.8. The van der Waals surface area contributed by atoms with Gasteiger partial charge < -0.3 is 9.40 Å². The summed E-state index contributed by atoms with van der Waals surface area (Å²) in [5, 5.41) is 9.63. The number of nitrogens with zero attached hydrogens (tertiary/aromatic N) is 4. The number of H-pyrrole nitrogens is 1. The standard InChI is InChI=1S/C23H25N5O/c1-3-4-14(2)9-22-27-28-23(29-22)16-7-8-19-17(10-16)18(11-25-19)21-13-24-12-20(26-21)15-5-6-15/h7-8,10-15,25H,3-6,9H2,1-2H3. The van der Waals surface area contributed by atoms with Gasteiger partial charge in [0.2, 0.25) is 11.8 Å². The fraction of sp³-hybridized carbons (Fsp3) is 0.391. The number of rotatable bonds is 7. The summed E-state index contributed by atoms with van der Waals surface area (Å²) in [5.41, 5.74) is 5.02. The minimum atomic E-state index is 0.546. The second-order valence-corrected chi connectivity index (χ2v) is 8.17. The lowest BCUT2D eigenvalue weighted by atomic mass is 10.0. The van der Waals surface area contributed by atoms with E-state index in [2.05, 4.69) is 46.1 Å². The monoisotopic (exact) mass is 387 g/mol. The van der Waals surface area contributed by atoms with Crippen LogP contribution in [0.25, 0.3) is 33.6 Å². The molecule has 6 heteroatoms. The van der Waals surface area contributed by atoms with Gasteiger partial charge in [-0.2, -0.15) is 0 Å². The number of nitrogens with one attached hydrogen (secondary N) is 1. The molecule has 29 heavy (non-hydrogen) atoms. The minimum Gasteiger partial charge on any atom is -0.421 e. The fourth-order valence-electron chi connectivity index (χ4n) is 3.90. The molecule has 0 radical (unpaired) electrons. The summed E-state index contributed by atoms with van der Waals surface area (Å²) < 4.78 is 5.96. The third-order valence-electron chi connectivity index (χ3n) is 5.62. The van der Waals surface area contributed by atoms with Crippen LogP contribution in [-0.4, -0.2) is 25.1 Å². The van der Waals surface area contributed by atoms with Crippen molar-refractivity contribution >= 4 is 10.9 Å². The molecule has 4 aromatic rings. The van der Waals surface area contributed by atoms with Crippen LogP contribution in [-0.2, 0) is 6.42 Å². The van der Waals surface area contributed by atoms with Gasteiger partial charge in [0.05, 0.1) is 17.6 Å². The number of hydrogen-bond donors (Lipinski definition) is 1. The number of hydrogen-bond acceptors (Lipinski definition) is 5. The Labute approximate surface area is 169 Å². The highest BCUT2D eigenvalue weighted by molar-refractivity contribution is 5.96. The molecule has 3 heterocycles. The van der Waals surface area contributed by atoms with E-state index in [1.807, 2.05) is 24.7 Å². The molecular weight excluding hydrogens is 362 g/mol.